The van der Waals surface area contributed by atoms with Gasteiger partial charge in [-0.05, 0) is 0 Å². The predicted molar refractivity (Wildman–Crippen MR) is 38.4 cm³/mol. The Morgan fingerprint density at radius 3 is 2.00 bits per heavy atom. The van der Waals surface area contributed by atoms with E-state index in [2.05, 4.69) is 25.3 Å². The molecule has 0 amide bonds. The van der Waals surface area contributed by atoms with Crippen molar-refractivity contribution in [2.45, 2.75) is 8.21 Å². The summed E-state index contributed by atoms with van der Waals surface area (Å²) in [5.74, 6) is 0. The third-order valence-electron chi connectivity index (χ3n) is 0.531. The van der Waals surface area contributed by atoms with Crippen molar-refractivity contribution in [1.29, 1.82) is 0 Å². The molecule has 0 heterocycles. The summed E-state index contributed by atoms with van der Waals surface area (Å²) in [5, 5.41) is 8.46. The van der Waals surface area contributed by atoms with Gasteiger partial charge in [-0.3, -0.25) is 0 Å². The van der Waals surface area contributed by atoms with E-state index < -0.39 is 0 Å². The van der Waals surface area contributed by atoms with Crippen molar-refractivity contribution in [2.75, 3.05) is 6.61 Å². The fourth-order valence-corrected chi connectivity index (χ4v) is 0.555. The van der Waals surface area contributed by atoms with Crippen molar-refractivity contribution >= 4 is 50.0 Å². The minimum atomic E-state index is 0.0664. The van der Waals surface area contributed by atoms with E-state index in [0.29, 0.717) is 0 Å². The molecule has 7 heavy (non-hydrogen) atoms. The standard InChI is InChI=1S/C3H7OS2.Bi/c4-1-3(6)2-5;/h2-6H,1H2;. The van der Waals surface area contributed by atoms with Gasteiger partial charge in [0.1, 0.15) is 0 Å². The van der Waals surface area contributed by atoms with E-state index in [1.54, 1.807) is 0 Å². The van der Waals surface area contributed by atoms with Crippen LogP contribution in [-0.4, -0.2) is 44.6 Å². The molecule has 0 aromatic heterocycles. The third-order valence-corrected chi connectivity index (χ3v) is 3.95. The van der Waals surface area contributed by atoms with Crippen LogP contribution in [0.3, 0.4) is 0 Å². The Kier molecular flexibility index (Phi) is 5.40. The Morgan fingerprint density at radius 2 is 2.00 bits per heavy atom. The first kappa shape index (κ1) is 8.54. The Bertz CT molecular complexity index is 50.2. The summed E-state index contributed by atoms with van der Waals surface area (Å²) in [7, 11) is 0. The van der Waals surface area contributed by atoms with E-state index >= 15 is 0 Å². The van der Waals surface area contributed by atoms with Crippen LogP contribution in [0.5, 0.6) is 0 Å². The van der Waals surface area contributed by atoms with Crippen LogP contribution in [0.2, 0.25) is 0 Å². The van der Waals surface area contributed by atoms with Crippen molar-refractivity contribution in [3.05, 3.63) is 0 Å². The summed E-state index contributed by atoms with van der Waals surface area (Å²) in [6.07, 6.45) is 0. The van der Waals surface area contributed by atoms with Crippen LogP contribution < -0.4 is 0 Å². The zero-order valence-corrected chi connectivity index (χ0v) is 8.92. The van der Waals surface area contributed by atoms with Gasteiger partial charge >= 0.3 is 69.9 Å². The zero-order chi connectivity index (χ0) is 5.86. The second kappa shape index (κ2) is 4.42. The molecule has 2 atom stereocenters. The van der Waals surface area contributed by atoms with E-state index in [0.717, 1.165) is 0 Å². The number of hydrogen-bond acceptors (Lipinski definition) is 3. The Labute approximate surface area is 69.5 Å². The number of hydrogen-bond donors (Lipinski definition) is 3. The van der Waals surface area contributed by atoms with Crippen LogP contribution in [-0.2, 0) is 0 Å². The molecular weight excluding hydrogens is 325 g/mol. The Morgan fingerprint density at radius 1 is 1.57 bits per heavy atom. The molecule has 0 aliphatic rings. The first-order valence-electron chi connectivity index (χ1n) is 1.83. The van der Waals surface area contributed by atoms with Gasteiger partial charge in [-0.25, -0.2) is 0 Å². The molecule has 2 radical (unpaired) electrons. The van der Waals surface area contributed by atoms with Crippen LogP contribution in [0.15, 0.2) is 0 Å². The van der Waals surface area contributed by atoms with Gasteiger partial charge in [0.25, 0.3) is 0 Å². The predicted octanol–water partition coefficient (Wildman–Crippen LogP) is -0.298. The molecule has 1 N–H and O–H groups in total. The summed E-state index contributed by atoms with van der Waals surface area (Å²) >= 11 is 9.28. The molecule has 4 heteroatoms. The van der Waals surface area contributed by atoms with Gasteiger partial charge in [0, 0.05) is 0 Å². The fraction of sp³-hybridized carbons (Fsp3) is 1.00. The molecular formula is C3H7BiOS2. The molecule has 0 rings (SSSR count). The molecule has 1 nitrogen and oxygen atoms in total. The zero-order valence-electron chi connectivity index (χ0n) is 3.65. The van der Waals surface area contributed by atoms with Gasteiger partial charge in [-0.1, -0.05) is 0 Å². The summed E-state index contributed by atoms with van der Waals surface area (Å²) in [6.45, 7) is 0.133. The molecule has 0 aromatic carbocycles. The summed E-state index contributed by atoms with van der Waals surface area (Å²) in [6, 6.07) is 0. The molecule has 0 saturated heterocycles. The van der Waals surface area contributed by atoms with E-state index in [4.69, 9.17) is 5.11 Å². The normalized spacial score (nSPS) is 18.9. The topological polar surface area (TPSA) is 20.2 Å². The van der Waals surface area contributed by atoms with Crippen LogP contribution >= 0.6 is 25.3 Å². The van der Waals surface area contributed by atoms with Crippen LogP contribution in [0.25, 0.3) is 0 Å². The van der Waals surface area contributed by atoms with Gasteiger partial charge in [-0.2, -0.15) is 0 Å². The maximum atomic E-state index is 8.40. The summed E-state index contributed by atoms with van der Waals surface area (Å²) in [4.78, 5) is 0. The summed E-state index contributed by atoms with van der Waals surface area (Å²) in [5.41, 5.74) is 0. The number of thiol groups is 2. The molecule has 0 spiro atoms. The second-order valence-corrected chi connectivity index (χ2v) is 6.21. The monoisotopic (exact) mass is 332 g/mol. The van der Waals surface area contributed by atoms with Gasteiger partial charge in [0.2, 0.25) is 0 Å². The molecule has 0 aromatic rings. The van der Waals surface area contributed by atoms with Gasteiger partial charge in [-0.15, -0.1) is 0 Å². The van der Waals surface area contributed by atoms with Crippen molar-refractivity contribution in [3.63, 3.8) is 0 Å². The first-order chi connectivity index (χ1) is 3.18. The number of aliphatic hydroxyl groups is 1. The average Bonchev–Trinajstić information content (AvgIpc) is 1.65. The molecule has 0 fully saturated rings. The average molecular weight is 332 g/mol. The van der Waals surface area contributed by atoms with Crippen LogP contribution in [0, 0.1) is 0 Å². The number of aliphatic hydroxyl groups excluding tert-OH is 1. The SMILES string of the molecule is OCC(S)[CH](S)[Bi]. The fourth-order valence-electron chi connectivity index (χ4n) is 0.0943. The molecule has 0 aliphatic carbocycles. The first-order valence-corrected chi connectivity index (χ1v) is 4.87. The van der Waals surface area contributed by atoms with Gasteiger partial charge in [0.15, 0.2) is 0 Å². The maximum absolute atomic E-state index is 8.40. The summed E-state index contributed by atoms with van der Waals surface area (Å²) < 4.78 is 0.285. The quantitative estimate of drug-likeness (QED) is 0.469. The van der Waals surface area contributed by atoms with Crippen molar-refractivity contribution in [2.24, 2.45) is 0 Å². The van der Waals surface area contributed by atoms with Gasteiger partial charge in [0.05, 0.1) is 0 Å². The van der Waals surface area contributed by atoms with Crippen LogP contribution in [0.4, 0.5) is 0 Å². The van der Waals surface area contributed by atoms with E-state index in [1.807, 2.05) is 0 Å². The Balaban J connectivity index is 3.14. The molecule has 42 valence electrons. The third kappa shape index (κ3) is 4.07. The molecule has 0 saturated carbocycles. The van der Waals surface area contributed by atoms with Crippen molar-refractivity contribution in [3.8, 4) is 0 Å². The second-order valence-electron chi connectivity index (χ2n) is 1.16. The molecule has 0 bridgehead atoms. The van der Waals surface area contributed by atoms with Crippen molar-refractivity contribution < 1.29 is 5.11 Å². The van der Waals surface area contributed by atoms with Crippen LogP contribution in [0.1, 0.15) is 0 Å². The molecule has 2 unspecified atom stereocenters. The number of rotatable bonds is 2. The minimum absolute atomic E-state index is 0.0664. The van der Waals surface area contributed by atoms with E-state index in [1.165, 1.54) is 24.7 Å². The Hall–Kier alpha value is 1.54. The van der Waals surface area contributed by atoms with E-state index in [-0.39, 0.29) is 14.8 Å². The van der Waals surface area contributed by atoms with Crippen molar-refractivity contribution in [1.82, 2.24) is 0 Å². The van der Waals surface area contributed by atoms with E-state index in [9.17, 15) is 0 Å². The van der Waals surface area contributed by atoms with Gasteiger partial charge < -0.3 is 0 Å². The molecule has 0 aliphatic heterocycles.